The maximum Gasteiger partial charge on any atom is 0.153 e. The fourth-order valence-electron chi connectivity index (χ4n) is 3.21. The van der Waals surface area contributed by atoms with E-state index in [1.807, 2.05) is 12.1 Å². The number of halogens is 2. The summed E-state index contributed by atoms with van der Waals surface area (Å²) in [5.74, 6) is -0.610. The molecule has 1 fully saturated rings. The number of H-pyrrole nitrogens is 1. The van der Waals surface area contributed by atoms with E-state index in [1.54, 1.807) is 12.4 Å². The maximum atomic E-state index is 13.8. The predicted octanol–water partition coefficient (Wildman–Crippen LogP) is 2.38. The predicted molar refractivity (Wildman–Crippen MR) is 86.3 cm³/mol. The van der Waals surface area contributed by atoms with Crippen molar-refractivity contribution in [3.05, 3.63) is 59.7 Å². The van der Waals surface area contributed by atoms with Crippen LogP contribution in [0.5, 0.6) is 0 Å². The van der Waals surface area contributed by atoms with Gasteiger partial charge in [-0.2, -0.15) is 0 Å². The lowest BCUT2D eigenvalue weighted by Gasteiger charge is -2.35. The molecule has 3 heterocycles. The van der Waals surface area contributed by atoms with E-state index in [4.69, 9.17) is 0 Å². The first-order chi connectivity index (χ1) is 11.7. The number of aromatic amines is 1. The number of rotatable bonds is 3. The Morgan fingerprint density at radius 3 is 2.88 bits per heavy atom. The smallest absolute Gasteiger partial charge is 0.153 e. The van der Waals surface area contributed by atoms with Crippen molar-refractivity contribution in [2.75, 3.05) is 19.6 Å². The highest BCUT2D eigenvalue weighted by Gasteiger charge is 2.25. The summed E-state index contributed by atoms with van der Waals surface area (Å²) in [6.45, 7) is 3.10. The first-order valence-electron chi connectivity index (χ1n) is 7.89. The lowest BCUT2D eigenvalue weighted by Crippen LogP contribution is -2.45. The molecule has 24 heavy (non-hydrogen) atoms. The van der Waals surface area contributed by atoms with Gasteiger partial charge in [-0.3, -0.25) is 9.88 Å². The largest absolute Gasteiger partial charge is 0.341 e. The summed E-state index contributed by atoms with van der Waals surface area (Å²) in [4.78, 5) is 13.7. The van der Waals surface area contributed by atoms with Crippen LogP contribution in [-0.4, -0.2) is 39.5 Å². The van der Waals surface area contributed by atoms with Gasteiger partial charge in [0.25, 0.3) is 0 Å². The molecule has 1 aromatic carbocycles. The minimum absolute atomic E-state index is 0.182. The Kier molecular flexibility index (Phi) is 3.95. The average Bonchev–Trinajstić information content (AvgIpc) is 2.99. The number of pyridine rings is 1. The molecule has 1 aliphatic rings. The third-order valence-electron chi connectivity index (χ3n) is 4.35. The quantitative estimate of drug-likeness (QED) is 0.775. The van der Waals surface area contributed by atoms with Crippen LogP contribution in [0.25, 0.3) is 11.0 Å². The van der Waals surface area contributed by atoms with Crippen molar-refractivity contribution in [3.63, 3.8) is 0 Å². The monoisotopic (exact) mass is 329 g/mol. The van der Waals surface area contributed by atoms with Crippen LogP contribution in [0.4, 0.5) is 8.78 Å². The van der Waals surface area contributed by atoms with Crippen LogP contribution in [-0.2, 0) is 6.54 Å². The normalized spacial score (nSPS) is 19.0. The molecule has 124 valence electrons. The van der Waals surface area contributed by atoms with E-state index >= 15 is 0 Å². The van der Waals surface area contributed by atoms with E-state index in [9.17, 15) is 8.78 Å². The molecule has 1 saturated heterocycles. The summed E-state index contributed by atoms with van der Waals surface area (Å²) in [5.41, 5.74) is 1.74. The molecule has 2 N–H and O–H groups in total. The van der Waals surface area contributed by atoms with Gasteiger partial charge in [0.15, 0.2) is 5.82 Å². The number of aromatic nitrogens is 3. The van der Waals surface area contributed by atoms with E-state index in [-0.39, 0.29) is 11.6 Å². The van der Waals surface area contributed by atoms with Crippen LogP contribution in [0.3, 0.4) is 0 Å². The Labute approximate surface area is 137 Å². The summed E-state index contributed by atoms with van der Waals surface area (Å²) >= 11 is 0. The van der Waals surface area contributed by atoms with Gasteiger partial charge in [-0.15, -0.1) is 0 Å². The molecular weight excluding hydrogens is 312 g/mol. The fourth-order valence-corrected chi connectivity index (χ4v) is 3.21. The molecule has 0 radical (unpaired) electrons. The van der Waals surface area contributed by atoms with Crippen LogP contribution >= 0.6 is 0 Å². The average molecular weight is 329 g/mol. The number of nitrogens with one attached hydrogen (secondary N) is 2. The molecule has 2 aromatic heterocycles. The topological polar surface area (TPSA) is 56.8 Å². The first-order valence-corrected chi connectivity index (χ1v) is 7.89. The summed E-state index contributed by atoms with van der Waals surface area (Å²) < 4.78 is 27.2. The number of fused-ring (bicyclic) bond motifs is 1. The van der Waals surface area contributed by atoms with Crippen LogP contribution in [0.15, 0.2) is 36.7 Å². The van der Waals surface area contributed by atoms with Crippen LogP contribution in [0.2, 0.25) is 0 Å². The number of hydrogen-bond acceptors (Lipinski definition) is 4. The van der Waals surface area contributed by atoms with E-state index in [0.717, 1.165) is 25.7 Å². The second kappa shape index (κ2) is 6.26. The van der Waals surface area contributed by atoms with E-state index in [0.29, 0.717) is 17.9 Å². The van der Waals surface area contributed by atoms with Crippen molar-refractivity contribution in [2.24, 2.45) is 0 Å². The van der Waals surface area contributed by atoms with Crippen molar-refractivity contribution in [3.8, 4) is 0 Å². The molecule has 5 nitrogen and oxygen atoms in total. The van der Waals surface area contributed by atoms with Gasteiger partial charge in [0.2, 0.25) is 0 Å². The molecule has 1 atom stereocenters. The highest BCUT2D eigenvalue weighted by atomic mass is 19.1. The molecule has 7 heteroatoms. The molecular formula is C17H17F2N5. The van der Waals surface area contributed by atoms with Crippen molar-refractivity contribution in [2.45, 2.75) is 12.6 Å². The summed E-state index contributed by atoms with van der Waals surface area (Å²) in [7, 11) is 0. The molecule has 4 rings (SSSR count). The first kappa shape index (κ1) is 15.2. The molecule has 0 spiro atoms. The molecule has 1 aliphatic heterocycles. The van der Waals surface area contributed by atoms with Crippen molar-refractivity contribution < 1.29 is 8.78 Å². The van der Waals surface area contributed by atoms with Crippen LogP contribution < -0.4 is 5.32 Å². The summed E-state index contributed by atoms with van der Waals surface area (Å²) in [5, 5.41) is 3.39. The highest BCUT2D eigenvalue weighted by molar-refractivity contribution is 5.75. The van der Waals surface area contributed by atoms with Gasteiger partial charge in [-0.05, 0) is 23.8 Å². The van der Waals surface area contributed by atoms with Crippen molar-refractivity contribution >= 4 is 11.0 Å². The van der Waals surface area contributed by atoms with Gasteiger partial charge in [0.1, 0.15) is 17.2 Å². The van der Waals surface area contributed by atoms with Crippen LogP contribution in [0, 0.1) is 11.6 Å². The Morgan fingerprint density at radius 1 is 1.21 bits per heavy atom. The molecule has 0 saturated carbocycles. The highest BCUT2D eigenvalue weighted by Crippen LogP contribution is 2.24. The van der Waals surface area contributed by atoms with E-state index < -0.39 is 11.6 Å². The molecule has 0 bridgehead atoms. The molecule has 1 unspecified atom stereocenters. The van der Waals surface area contributed by atoms with Crippen molar-refractivity contribution in [1.82, 2.24) is 25.2 Å². The molecule has 0 amide bonds. The molecule has 3 aromatic rings. The zero-order chi connectivity index (χ0) is 16.5. The number of piperazine rings is 1. The number of imidazole rings is 1. The summed E-state index contributed by atoms with van der Waals surface area (Å²) in [6, 6.07) is 6.32. The SMILES string of the molecule is Fc1cc(F)c2nc(CN3CCNCC3c3ccncc3)[nH]c2c1. The van der Waals surface area contributed by atoms with Crippen molar-refractivity contribution in [1.29, 1.82) is 0 Å². The Morgan fingerprint density at radius 2 is 2.04 bits per heavy atom. The minimum Gasteiger partial charge on any atom is -0.341 e. The molecule has 0 aliphatic carbocycles. The van der Waals surface area contributed by atoms with E-state index in [2.05, 4.69) is 25.2 Å². The van der Waals surface area contributed by atoms with Gasteiger partial charge in [0.05, 0.1) is 12.1 Å². The Bertz CT molecular complexity index is 849. The fraction of sp³-hybridized carbons (Fsp3) is 0.294. The third-order valence-corrected chi connectivity index (χ3v) is 4.35. The van der Waals surface area contributed by atoms with Gasteiger partial charge in [-0.1, -0.05) is 0 Å². The zero-order valence-electron chi connectivity index (χ0n) is 13.0. The number of hydrogen-bond donors (Lipinski definition) is 2. The summed E-state index contributed by atoms with van der Waals surface area (Å²) in [6.07, 6.45) is 3.56. The van der Waals surface area contributed by atoms with Gasteiger partial charge in [-0.25, -0.2) is 13.8 Å². The van der Waals surface area contributed by atoms with E-state index in [1.165, 1.54) is 11.6 Å². The number of nitrogens with zero attached hydrogens (tertiary/aromatic N) is 3. The number of benzene rings is 1. The minimum atomic E-state index is -0.640. The maximum absolute atomic E-state index is 13.8. The standard InChI is InChI=1S/C17H17F2N5/c18-12-7-13(19)17-14(8-12)22-16(23-17)10-24-6-5-21-9-15(24)11-1-3-20-4-2-11/h1-4,7-8,15,21H,5-6,9-10H2,(H,22,23). The second-order valence-corrected chi connectivity index (χ2v) is 5.94. The Balaban J connectivity index is 1.62. The second-order valence-electron chi connectivity index (χ2n) is 5.94. The van der Waals surface area contributed by atoms with Gasteiger partial charge >= 0.3 is 0 Å². The lowest BCUT2D eigenvalue weighted by molar-refractivity contribution is 0.150. The van der Waals surface area contributed by atoms with Gasteiger partial charge in [0, 0.05) is 44.1 Å². The Hall–Kier alpha value is -2.38. The third kappa shape index (κ3) is 2.88. The lowest BCUT2D eigenvalue weighted by atomic mass is 10.0. The zero-order valence-corrected chi connectivity index (χ0v) is 13.0. The van der Waals surface area contributed by atoms with Gasteiger partial charge < -0.3 is 10.3 Å². The van der Waals surface area contributed by atoms with Crippen LogP contribution in [0.1, 0.15) is 17.4 Å².